The van der Waals surface area contributed by atoms with Crippen molar-refractivity contribution in [1.82, 2.24) is 0 Å². The first-order valence-electron chi connectivity index (χ1n) is 5.68. The Hall–Kier alpha value is -0.910. The highest BCUT2D eigenvalue weighted by atomic mass is 31.2. The lowest BCUT2D eigenvalue weighted by atomic mass is 10.3. The summed E-state index contributed by atoms with van der Waals surface area (Å²) in [4.78, 5) is 22.4. The van der Waals surface area contributed by atoms with E-state index in [1.807, 2.05) is 0 Å². The van der Waals surface area contributed by atoms with Gasteiger partial charge in [0.15, 0.2) is 5.66 Å². The number of carbonyl (C=O) groups is 2. The molecular formula is C10H19O7P. The highest BCUT2D eigenvalue weighted by molar-refractivity contribution is 7.55. The van der Waals surface area contributed by atoms with Crippen LogP contribution in [0.1, 0.15) is 27.2 Å². The number of hydrogen-bond donors (Lipinski definition) is 1. The molecule has 0 heterocycles. The summed E-state index contributed by atoms with van der Waals surface area (Å²) >= 11 is 0. The Morgan fingerprint density at radius 2 is 1.61 bits per heavy atom. The van der Waals surface area contributed by atoms with Gasteiger partial charge in [-0.15, -0.1) is 0 Å². The van der Waals surface area contributed by atoms with Gasteiger partial charge in [0.25, 0.3) is 0 Å². The summed E-state index contributed by atoms with van der Waals surface area (Å²) in [7, 11) is -3.86. The molecule has 0 aliphatic heterocycles. The zero-order valence-electron chi connectivity index (χ0n) is 10.7. The van der Waals surface area contributed by atoms with Gasteiger partial charge in [-0.1, -0.05) is 0 Å². The molecular weight excluding hydrogens is 263 g/mol. The molecule has 0 aromatic heterocycles. The molecule has 0 spiro atoms. The molecule has 18 heavy (non-hydrogen) atoms. The van der Waals surface area contributed by atoms with Crippen molar-refractivity contribution < 1.29 is 33.0 Å². The third-order valence-corrected chi connectivity index (χ3v) is 4.35. The summed E-state index contributed by atoms with van der Waals surface area (Å²) in [5.41, 5.74) is -1.54. The number of carbonyl (C=O) groups excluding carboxylic acids is 1. The van der Waals surface area contributed by atoms with Crippen LogP contribution in [-0.4, -0.2) is 42.5 Å². The molecule has 106 valence electrons. The molecule has 0 amide bonds. The van der Waals surface area contributed by atoms with Crippen molar-refractivity contribution in [1.29, 1.82) is 0 Å². The fraction of sp³-hybridized carbons (Fsp3) is 0.800. The van der Waals surface area contributed by atoms with Gasteiger partial charge in [-0.3, -0.25) is 14.2 Å². The fourth-order valence-corrected chi connectivity index (χ4v) is 3.09. The molecule has 7 nitrogen and oxygen atoms in total. The van der Waals surface area contributed by atoms with Gasteiger partial charge in [0.05, 0.1) is 26.2 Å². The molecule has 0 aromatic rings. The van der Waals surface area contributed by atoms with Crippen LogP contribution in [0.25, 0.3) is 0 Å². The van der Waals surface area contributed by atoms with Crippen molar-refractivity contribution in [2.24, 2.45) is 0 Å². The van der Waals surface area contributed by atoms with Gasteiger partial charge in [-0.25, -0.2) is 0 Å². The Labute approximate surface area is 106 Å². The van der Waals surface area contributed by atoms with E-state index in [9.17, 15) is 14.2 Å². The summed E-state index contributed by atoms with van der Waals surface area (Å²) in [6.07, 6.45) is -0.541. The Morgan fingerprint density at radius 1 is 1.11 bits per heavy atom. The quantitative estimate of drug-likeness (QED) is 0.507. The summed E-state index contributed by atoms with van der Waals surface area (Å²) < 4.78 is 26.7. The number of aliphatic carboxylic acids is 1. The first-order valence-corrected chi connectivity index (χ1v) is 7.29. The third-order valence-electron chi connectivity index (χ3n) is 1.95. The predicted octanol–water partition coefficient (Wildman–Crippen LogP) is 1.66. The Kier molecular flexibility index (Phi) is 7.82. The van der Waals surface area contributed by atoms with Crippen LogP contribution >= 0.6 is 7.60 Å². The third kappa shape index (κ3) is 5.16. The summed E-state index contributed by atoms with van der Waals surface area (Å²) in [5, 5.41) is 9.04. The second kappa shape index (κ2) is 8.24. The highest BCUT2D eigenvalue weighted by Crippen LogP contribution is 2.54. The van der Waals surface area contributed by atoms with Gasteiger partial charge < -0.3 is 18.9 Å². The standard InChI is InChI=1S/C10H19O7P/c1-4-15-9(11)7-8(10(12)13)18(14,16-5-2)17-6-3/h8H,4-7H2,1-3H3,(H,12,13). The number of carboxylic acid groups (broad SMARTS) is 1. The van der Waals surface area contributed by atoms with Crippen LogP contribution in [0, 0.1) is 0 Å². The maximum Gasteiger partial charge on any atom is 0.345 e. The zero-order chi connectivity index (χ0) is 14.2. The fourth-order valence-electron chi connectivity index (χ4n) is 1.29. The maximum atomic E-state index is 12.3. The van der Waals surface area contributed by atoms with Crippen LogP contribution in [0.15, 0.2) is 0 Å². The lowest BCUT2D eigenvalue weighted by Crippen LogP contribution is -2.27. The summed E-state index contributed by atoms with van der Waals surface area (Å²) in [6, 6.07) is 0. The van der Waals surface area contributed by atoms with Crippen molar-refractivity contribution in [3.63, 3.8) is 0 Å². The van der Waals surface area contributed by atoms with Gasteiger partial charge in [0.1, 0.15) is 0 Å². The van der Waals surface area contributed by atoms with E-state index in [0.29, 0.717) is 0 Å². The van der Waals surface area contributed by atoms with Crippen LogP contribution in [0.2, 0.25) is 0 Å². The average molecular weight is 282 g/mol. The minimum absolute atomic E-state index is 0.0316. The number of ether oxygens (including phenoxy) is 1. The molecule has 8 heteroatoms. The van der Waals surface area contributed by atoms with Crippen molar-refractivity contribution in [3.05, 3.63) is 0 Å². The monoisotopic (exact) mass is 282 g/mol. The molecule has 0 rings (SSSR count). The first kappa shape index (κ1) is 17.1. The molecule has 0 radical (unpaired) electrons. The van der Waals surface area contributed by atoms with E-state index in [2.05, 4.69) is 4.74 Å². The van der Waals surface area contributed by atoms with Crippen molar-refractivity contribution in [2.45, 2.75) is 32.9 Å². The van der Waals surface area contributed by atoms with E-state index in [0.717, 1.165) is 0 Å². The lowest BCUT2D eigenvalue weighted by molar-refractivity contribution is -0.147. The lowest BCUT2D eigenvalue weighted by Gasteiger charge is -2.22. The van der Waals surface area contributed by atoms with E-state index in [1.54, 1.807) is 20.8 Å². The van der Waals surface area contributed by atoms with Crippen molar-refractivity contribution in [3.8, 4) is 0 Å². The second-order valence-electron chi connectivity index (χ2n) is 3.24. The summed E-state index contributed by atoms with van der Waals surface area (Å²) in [5.74, 6) is -2.15. The van der Waals surface area contributed by atoms with Crippen LogP contribution in [-0.2, 0) is 27.9 Å². The normalized spacial score (nSPS) is 13.1. The second-order valence-corrected chi connectivity index (χ2v) is 5.46. The van der Waals surface area contributed by atoms with Crippen LogP contribution in [0.4, 0.5) is 0 Å². The topological polar surface area (TPSA) is 99.1 Å². The van der Waals surface area contributed by atoms with E-state index in [1.165, 1.54) is 0 Å². The number of hydrogen-bond acceptors (Lipinski definition) is 6. The Morgan fingerprint density at radius 3 is 1.94 bits per heavy atom. The van der Waals surface area contributed by atoms with Crippen LogP contribution in [0.5, 0.6) is 0 Å². The van der Waals surface area contributed by atoms with Crippen molar-refractivity contribution >= 4 is 19.5 Å². The SMILES string of the molecule is CCOC(=O)CC(C(=O)O)P(=O)(OCC)OCC. The van der Waals surface area contributed by atoms with Gasteiger partial charge in [0, 0.05) is 0 Å². The van der Waals surface area contributed by atoms with Crippen LogP contribution < -0.4 is 0 Å². The molecule has 1 atom stereocenters. The molecule has 0 aliphatic rings. The minimum atomic E-state index is -3.86. The molecule has 1 unspecified atom stereocenters. The molecule has 1 N–H and O–H groups in total. The van der Waals surface area contributed by atoms with Crippen LogP contribution in [0.3, 0.4) is 0 Å². The molecule has 0 saturated heterocycles. The molecule has 0 saturated carbocycles. The number of esters is 1. The maximum absolute atomic E-state index is 12.3. The number of carboxylic acids is 1. The minimum Gasteiger partial charge on any atom is -0.481 e. The predicted molar refractivity (Wildman–Crippen MR) is 63.5 cm³/mol. The molecule has 0 aliphatic carbocycles. The van der Waals surface area contributed by atoms with E-state index >= 15 is 0 Å². The molecule has 0 bridgehead atoms. The highest BCUT2D eigenvalue weighted by Gasteiger charge is 2.43. The zero-order valence-corrected chi connectivity index (χ0v) is 11.6. The molecule has 0 fully saturated rings. The van der Waals surface area contributed by atoms with Gasteiger partial charge >= 0.3 is 19.5 Å². The van der Waals surface area contributed by atoms with Crippen molar-refractivity contribution in [2.75, 3.05) is 19.8 Å². The largest absolute Gasteiger partial charge is 0.481 e. The smallest absolute Gasteiger partial charge is 0.345 e. The van der Waals surface area contributed by atoms with Gasteiger partial charge in [-0.2, -0.15) is 0 Å². The van der Waals surface area contributed by atoms with E-state index < -0.39 is 31.6 Å². The van der Waals surface area contributed by atoms with Gasteiger partial charge in [0.2, 0.25) is 0 Å². The van der Waals surface area contributed by atoms with E-state index in [-0.39, 0.29) is 19.8 Å². The average Bonchev–Trinajstić information content (AvgIpc) is 2.26. The molecule has 0 aromatic carbocycles. The van der Waals surface area contributed by atoms with E-state index in [4.69, 9.17) is 14.2 Å². The Bertz CT molecular complexity index is 318. The van der Waals surface area contributed by atoms with Gasteiger partial charge in [-0.05, 0) is 20.8 Å². The summed E-state index contributed by atoms with van der Waals surface area (Å²) in [6.45, 7) is 4.91. The number of rotatable bonds is 9. The first-order chi connectivity index (χ1) is 8.41. The Balaban J connectivity index is 4.98.